The van der Waals surface area contributed by atoms with E-state index < -0.39 is 0 Å². The van der Waals surface area contributed by atoms with E-state index in [9.17, 15) is 9.59 Å². The van der Waals surface area contributed by atoms with Gasteiger partial charge in [0.1, 0.15) is 6.54 Å². The van der Waals surface area contributed by atoms with E-state index in [2.05, 4.69) is 19.1 Å². The van der Waals surface area contributed by atoms with Crippen LogP contribution in [0, 0.1) is 6.92 Å². The molecule has 1 aromatic heterocycles. The SMILES string of the molecule is Cc1ccc(CN(Cc2ccccc2)C(=O)CN(C(=O)c2ccc(Cl)cc2Cl)C2CCCCC2)s1. The van der Waals surface area contributed by atoms with Crippen LogP contribution in [0.1, 0.15) is 57.8 Å². The molecular formula is C28H30Cl2N2O2S. The summed E-state index contributed by atoms with van der Waals surface area (Å²) in [5.74, 6) is -0.275. The number of rotatable bonds is 8. The first-order valence-electron chi connectivity index (χ1n) is 12.0. The first-order chi connectivity index (χ1) is 16.9. The van der Waals surface area contributed by atoms with Crippen LogP contribution in [0.4, 0.5) is 0 Å². The van der Waals surface area contributed by atoms with Crippen molar-refractivity contribution < 1.29 is 9.59 Å². The summed E-state index contributed by atoms with van der Waals surface area (Å²) < 4.78 is 0. The van der Waals surface area contributed by atoms with Crippen LogP contribution in [0.2, 0.25) is 10.0 Å². The molecule has 1 aliphatic carbocycles. The molecule has 0 aliphatic heterocycles. The fourth-order valence-corrected chi connectivity index (χ4v) is 6.01. The number of hydrogen-bond acceptors (Lipinski definition) is 3. The highest BCUT2D eigenvalue weighted by atomic mass is 35.5. The number of amides is 2. The fraction of sp³-hybridized carbons (Fsp3) is 0.357. The molecule has 0 unspecified atom stereocenters. The van der Waals surface area contributed by atoms with Gasteiger partial charge < -0.3 is 9.80 Å². The standard InChI is InChI=1S/C28H30Cl2N2O2S/c1-20-12-14-24(35-20)18-31(17-21-8-4-2-5-9-21)27(33)19-32(23-10-6-3-7-11-23)28(34)25-15-13-22(29)16-26(25)30/h2,4-5,8-9,12-16,23H,3,6-7,10-11,17-19H2,1H3. The van der Waals surface area contributed by atoms with E-state index in [4.69, 9.17) is 23.2 Å². The molecular weight excluding hydrogens is 499 g/mol. The van der Waals surface area contributed by atoms with Gasteiger partial charge in [0.15, 0.2) is 0 Å². The van der Waals surface area contributed by atoms with Crippen LogP contribution in [0.15, 0.2) is 60.7 Å². The lowest BCUT2D eigenvalue weighted by atomic mass is 9.93. The zero-order valence-electron chi connectivity index (χ0n) is 19.9. The molecule has 0 spiro atoms. The number of aryl methyl sites for hydroxylation is 1. The molecule has 4 rings (SSSR count). The Kier molecular flexibility index (Phi) is 8.88. The maximum atomic E-state index is 13.8. The second kappa shape index (κ2) is 12.1. The Labute approximate surface area is 221 Å². The van der Waals surface area contributed by atoms with Crippen molar-refractivity contribution in [3.05, 3.63) is 91.6 Å². The van der Waals surface area contributed by atoms with Crippen molar-refractivity contribution in [2.75, 3.05) is 6.54 Å². The summed E-state index contributed by atoms with van der Waals surface area (Å²) in [6, 6.07) is 19.1. The van der Waals surface area contributed by atoms with Crippen molar-refractivity contribution in [3.63, 3.8) is 0 Å². The lowest BCUT2D eigenvalue weighted by Gasteiger charge is -2.35. The second-order valence-electron chi connectivity index (χ2n) is 9.10. The summed E-state index contributed by atoms with van der Waals surface area (Å²) in [6.45, 7) is 3.10. The monoisotopic (exact) mass is 528 g/mol. The molecule has 1 saturated carbocycles. The van der Waals surface area contributed by atoms with E-state index in [0.717, 1.165) is 42.5 Å². The maximum Gasteiger partial charge on any atom is 0.256 e. The summed E-state index contributed by atoms with van der Waals surface area (Å²) in [5, 5.41) is 0.790. The molecule has 3 aromatic rings. The number of nitrogens with zero attached hydrogens (tertiary/aromatic N) is 2. The Morgan fingerprint density at radius 3 is 2.34 bits per heavy atom. The van der Waals surface area contributed by atoms with Crippen molar-refractivity contribution in [2.24, 2.45) is 0 Å². The molecule has 35 heavy (non-hydrogen) atoms. The molecule has 2 aromatic carbocycles. The van der Waals surface area contributed by atoms with E-state index in [0.29, 0.717) is 28.7 Å². The highest BCUT2D eigenvalue weighted by Gasteiger charge is 2.31. The third-order valence-electron chi connectivity index (χ3n) is 6.46. The Morgan fingerprint density at radius 1 is 0.943 bits per heavy atom. The molecule has 1 fully saturated rings. The number of thiophene rings is 1. The Balaban J connectivity index is 1.60. The van der Waals surface area contributed by atoms with Gasteiger partial charge in [0.25, 0.3) is 5.91 Å². The van der Waals surface area contributed by atoms with Crippen molar-refractivity contribution in [1.29, 1.82) is 0 Å². The predicted octanol–water partition coefficient (Wildman–Crippen LogP) is 7.37. The maximum absolute atomic E-state index is 13.8. The average Bonchev–Trinajstić information content (AvgIpc) is 3.27. The Bertz CT molecular complexity index is 1160. The summed E-state index contributed by atoms with van der Waals surface area (Å²) in [6.07, 6.45) is 5.06. The minimum absolute atomic E-state index is 0.0227. The van der Waals surface area contributed by atoms with Crippen molar-refractivity contribution in [1.82, 2.24) is 9.80 Å². The van der Waals surface area contributed by atoms with Crippen LogP contribution in [-0.2, 0) is 17.9 Å². The number of halogens is 2. The minimum Gasteiger partial charge on any atom is -0.332 e. The van der Waals surface area contributed by atoms with Gasteiger partial charge in [-0.05, 0) is 55.7 Å². The zero-order chi connectivity index (χ0) is 24.8. The van der Waals surface area contributed by atoms with Crippen molar-refractivity contribution >= 4 is 46.4 Å². The molecule has 0 atom stereocenters. The molecule has 2 amide bonds. The molecule has 1 aliphatic rings. The van der Waals surface area contributed by atoms with Gasteiger partial charge >= 0.3 is 0 Å². The van der Waals surface area contributed by atoms with Gasteiger partial charge in [-0.3, -0.25) is 9.59 Å². The van der Waals surface area contributed by atoms with E-state index in [1.165, 1.54) is 4.88 Å². The Hall–Kier alpha value is -2.34. The van der Waals surface area contributed by atoms with E-state index in [1.54, 1.807) is 34.4 Å². The lowest BCUT2D eigenvalue weighted by Crippen LogP contribution is -2.48. The number of hydrogen-bond donors (Lipinski definition) is 0. The first-order valence-corrected chi connectivity index (χ1v) is 13.6. The third kappa shape index (κ3) is 6.87. The predicted molar refractivity (Wildman–Crippen MR) is 144 cm³/mol. The summed E-state index contributed by atoms with van der Waals surface area (Å²) >= 11 is 14.2. The van der Waals surface area contributed by atoms with Crippen molar-refractivity contribution in [2.45, 2.75) is 58.2 Å². The summed E-state index contributed by atoms with van der Waals surface area (Å²) in [4.78, 5) is 33.4. The molecule has 7 heteroatoms. The van der Waals surface area contributed by atoms with Gasteiger partial charge in [-0.25, -0.2) is 0 Å². The van der Waals surface area contributed by atoms with Gasteiger partial charge in [-0.2, -0.15) is 0 Å². The van der Waals surface area contributed by atoms with Gasteiger partial charge in [-0.1, -0.05) is 72.8 Å². The first kappa shape index (κ1) is 25.7. The third-order valence-corrected chi connectivity index (χ3v) is 7.99. The second-order valence-corrected chi connectivity index (χ2v) is 11.3. The minimum atomic E-state index is -0.210. The van der Waals surface area contributed by atoms with Crippen LogP contribution in [-0.4, -0.2) is 34.2 Å². The molecule has 4 nitrogen and oxygen atoms in total. The number of carbonyl (C=O) groups excluding carboxylic acids is 2. The molecule has 1 heterocycles. The quantitative estimate of drug-likeness (QED) is 0.306. The van der Waals surface area contributed by atoms with Gasteiger partial charge in [0, 0.05) is 27.4 Å². The molecule has 184 valence electrons. The Morgan fingerprint density at radius 2 is 1.69 bits per heavy atom. The highest BCUT2D eigenvalue weighted by Crippen LogP contribution is 2.28. The van der Waals surface area contributed by atoms with Crippen LogP contribution in [0.25, 0.3) is 0 Å². The van der Waals surface area contributed by atoms with Crippen molar-refractivity contribution in [3.8, 4) is 0 Å². The highest BCUT2D eigenvalue weighted by molar-refractivity contribution is 7.11. The summed E-state index contributed by atoms with van der Waals surface area (Å²) in [5.41, 5.74) is 1.45. The molecule has 0 radical (unpaired) electrons. The van der Waals surface area contributed by atoms with Crippen LogP contribution < -0.4 is 0 Å². The van der Waals surface area contributed by atoms with E-state index in [1.807, 2.05) is 35.2 Å². The van der Waals surface area contributed by atoms with Gasteiger partial charge in [0.05, 0.1) is 17.1 Å². The fourth-order valence-electron chi connectivity index (χ4n) is 4.62. The molecule has 0 N–H and O–H groups in total. The topological polar surface area (TPSA) is 40.6 Å². The summed E-state index contributed by atoms with van der Waals surface area (Å²) in [7, 11) is 0. The van der Waals surface area contributed by atoms with Crippen LogP contribution >= 0.6 is 34.5 Å². The molecule has 0 saturated heterocycles. The smallest absolute Gasteiger partial charge is 0.256 e. The van der Waals surface area contributed by atoms with Crippen LogP contribution in [0.5, 0.6) is 0 Å². The van der Waals surface area contributed by atoms with Gasteiger partial charge in [-0.15, -0.1) is 11.3 Å². The largest absolute Gasteiger partial charge is 0.332 e. The van der Waals surface area contributed by atoms with Gasteiger partial charge in [0.2, 0.25) is 5.91 Å². The van der Waals surface area contributed by atoms with E-state index in [-0.39, 0.29) is 24.4 Å². The van der Waals surface area contributed by atoms with Crippen LogP contribution in [0.3, 0.4) is 0 Å². The number of carbonyl (C=O) groups is 2. The lowest BCUT2D eigenvalue weighted by molar-refractivity contribution is -0.133. The molecule has 0 bridgehead atoms. The normalized spacial score (nSPS) is 14.0. The average molecular weight is 530 g/mol. The van der Waals surface area contributed by atoms with E-state index >= 15 is 0 Å². The number of benzene rings is 2. The zero-order valence-corrected chi connectivity index (χ0v) is 22.2.